The van der Waals surface area contributed by atoms with Gasteiger partial charge in [-0.2, -0.15) is 0 Å². The smallest absolute Gasteiger partial charge is 0.220 e. The van der Waals surface area contributed by atoms with Crippen molar-refractivity contribution in [1.82, 2.24) is 20.4 Å². The zero-order valence-corrected chi connectivity index (χ0v) is 16.4. The fourth-order valence-electron chi connectivity index (χ4n) is 3.76. The first-order valence-electron chi connectivity index (χ1n) is 9.92. The third-order valence-electron chi connectivity index (χ3n) is 5.44. The molecule has 144 valence electrons. The fraction of sp³-hybridized carbons (Fsp3) is 0.895. The lowest BCUT2D eigenvalue weighted by Crippen LogP contribution is -2.39. The average molecular weight is 353 g/mol. The Morgan fingerprint density at radius 3 is 1.56 bits per heavy atom. The SMILES string of the molecule is CC(C)N1CCC(NC(=O)CCCC(=O)NC2CCN(C(C)C)C2)C1. The monoisotopic (exact) mass is 352 g/mol. The van der Waals surface area contributed by atoms with Crippen LogP contribution in [0.3, 0.4) is 0 Å². The van der Waals surface area contributed by atoms with E-state index in [0.717, 1.165) is 39.0 Å². The molecule has 6 heteroatoms. The highest BCUT2D eigenvalue weighted by Gasteiger charge is 2.26. The van der Waals surface area contributed by atoms with E-state index < -0.39 is 0 Å². The molecule has 0 aromatic carbocycles. The first kappa shape index (κ1) is 20.2. The van der Waals surface area contributed by atoms with Gasteiger partial charge < -0.3 is 10.6 Å². The van der Waals surface area contributed by atoms with E-state index in [1.165, 1.54) is 0 Å². The molecule has 0 bridgehead atoms. The van der Waals surface area contributed by atoms with Crippen molar-refractivity contribution in [2.45, 2.75) is 84.0 Å². The summed E-state index contributed by atoms with van der Waals surface area (Å²) >= 11 is 0. The molecule has 0 saturated carbocycles. The third-order valence-corrected chi connectivity index (χ3v) is 5.44. The molecular formula is C19H36N4O2. The number of nitrogens with zero attached hydrogens (tertiary/aromatic N) is 2. The Labute approximate surface area is 152 Å². The lowest BCUT2D eigenvalue weighted by atomic mass is 10.2. The van der Waals surface area contributed by atoms with Crippen LogP contribution < -0.4 is 10.6 Å². The van der Waals surface area contributed by atoms with E-state index in [1.54, 1.807) is 0 Å². The van der Waals surface area contributed by atoms with Crippen LogP contribution in [-0.2, 0) is 9.59 Å². The Bertz CT molecular complexity index is 413. The van der Waals surface area contributed by atoms with E-state index in [1.807, 2.05) is 0 Å². The molecule has 0 radical (unpaired) electrons. The lowest BCUT2D eigenvalue weighted by molar-refractivity contribution is -0.123. The maximum absolute atomic E-state index is 12.1. The summed E-state index contributed by atoms with van der Waals surface area (Å²) in [5.74, 6) is 0.158. The standard InChI is InChI=1S/C19H36N4O2/c1-14(2)22-10-8-16(12-22)20-18(24)6-5-7-19(25)21-17-9-11-23(13-17)15(3)4/h14-17H,5-13H2,1-4H3,(H,20,24)(H,21,25). The molecule has 2 atom stereocenters. The first-order valence-corrected chi connectivity index (χ1v) is 9.92. The maximum atomic E-state index is 12.1. The summed E-state index contributed by atoms with van der Waals surface area (Å²) in [4.78, 5) is 28.9. The Morgan fingerprint density at radius 2 is 1.24 bits per heavy atom. The Morgan fingerprint density at radius 1 is 0.840 bits per heavy atom. The molecule has 2 heterocycles. The van der Waals surface area contributed by atoms with E-state index in [0.29, 0.717) is 31.3 Å². The number of nitrogens with one attached hydrogen (secondary N) is 2. The summed E-state index contributed by atoms with van der Waals surface area (Å²) in [6, 6.07) is 1.61. The Hall–Kier alpha value is -1.14. The van der Waals surface area contributed by atoms with Crippen LogP contribution in [0.25, 0.3) is 0 Å². The first-order chi connectivity index (χ1) is 11.8. The topological polar surface area (TPSA) is 64.7 Å². The molecule has 6 nitrogen and oxygen atoms in total. The van der Waals surface area contributed by atoms with Gasteiger partial charge in [0, 0.05) is 63.2 Å². The quantitative estimate of drug-likeness (QED) is 0.692. The van der Waals surface area contributed by atoms with Crippen molar-refractivity contribution in [1.29, 1.82) is 0 Å². The molecule has 0 aromatic rings. The van der Waals surface area contributed by atoms with Crippen LogP contribution in [-0.4, -0.2) is 72.0 Å². The number of hydrogen-bond donors (Lipinski definition) is 2. The van der Waals surface area contributed by atoms with Crippen LogP contribution in [0.5, 0.6) is 0 Å². The molecule has 0 aromatic heterocycles. The Kier molecular flexibility index (Phi) is 7.69. The summed E-state index contributed by atoms with van der Waals surface area (Å²) in [5, 5.41) is 6.22. The summed E-state index contributed by atoms with van der Waals surface area (Å²) < 4.78 is 0. The van der Waals surface area contributed by atoms with E-state index in [-0.39, 0.29) is 23.9 Å². The number of hydrogen-bond acceptors (Lipinski definition) is 4. The van der Waals surface area contributed by atoms with Gasteiger partial charge in [0.25, 0.3) is 0 Å². The molecule has 2 fully saturated rings. The molecular weight excluding hydrogens is 316 g/mol. The van der Waals surface area contributed by atoms with E-state index in [4.69, 9.17) is 0 Å². The predicted molar refractivity (Wildman–Crippen MR) is 100 cm³/mol. The normalized spacial score (nSPS) is 25.0. The molecule has 2 rings (SSSR count). The number of likely N-dealkylation sites (tertiary alicyclic amines) is 2. The van der Waals surface area contributed by atoms with Gasteiger partial charge in [-0.05, 0) is 47.0 Å². The molecule has 2 aliphatic rings. The van der Waals surface area contributed by atoms with Crippen LogP contribution in [0, 0.1) is 0 Å². The minimum absolute atomic E-state index is 0.0789. The van der Waals surface area contributed by atoms with Crippen molar-refractivity contribution in [3.05, 3.63) is 0 Å². The van der Waals surface area contributed by atoms with Gasteiger partial charge in [-0.3, -0.25) is 19.4 Å². The zero-order chi connectivity index (χ0) is 18.4. The number of carbonyl (C=O) groups is 2. The van der Waals surface area contributed by atoms with E-state index in [2.05, 4.69) is 48.1 Å². The number of amides is 2. The molecule has 0 aliphatic carbocycles. The predicted octanol–water partition coefficient (Wildman–Crippen LogP) is 1.35. The number of rotatable bonds is 8. The van der Waals surface area contributed by atoms with Crippen LogP contribution in [0.2, 0.25) is 0 Å². The van der Waals surface area contributed by atoms with Crippen molar-refractivity contribution >= 4 is 11.8 Å². The highest BCUT2D eigenvalue weighted by atomic mass is 16.2. The highest BCUT2D eigenvalue weighted by molar-refractivity contribution is 5.79. The minimum Gasteiger partial charge on any atom is -0.352 e. The molecule has 2 aliphatic heterocycles. The summed E-state index contributed by atoms with van der Waals surface area (Å²) in [5.41, 5.74) is 0. The molecule has 2 N–H and O–H groups in total. The van der Waals surface area contributed by atoms with Crippen molar-refractivity contribution < 1.29 is 9.59 Å². The molecule has 2 saturated heterocycles. The molecule has 25 heavy (non-hydrogen) atoms. The van der Waals surface area contributed by atoms with Crippen LogP contribution in [0.1, 0.15) is 59.8 Å². The van der Waals surface area contributed by atoms with Gasteiger partial charge in [0.1, 0.15) is 0 Å². The zero-order valence-electron chi connectivity index (χ0n) is 16.4. The van der Waals surface area contributed by atoms with Gasteiger partial charge in [-0.15, -0.1) is 0 Å². The van der Waals surface area contributed by atoms with E-state index in [9.17, 15) is 9.59 Å². The van der Waals surface area contributed by atoms with Gasteiger partial charge in [-0.25, -0.2) is 0 Å². The summed E-state index contributed by atoms with van der Waals surface area (Å²) in [6.45, 7) is 12.7. The van der Waals surface area contributed by atoms with Gasteiger partial charge >= 0.3 is 0 Å². The van der Waals surface area contributed by atoms with Crippen LogP contribution in [0.15, 0.2) is 0 Å². The fourth-order valence-corrected chi connectivity index (χ4v) is 3.76. The number of carbonyl (C=O) groups excluding carboxylic acids is 2. The van der Waals surface area contributed by atoms with E-state index >= 15 is 0 Å². The maximum Gasteiger partial charge on any atom is 0.220 e. The van der Waals surface area contributed by atoms with Crippen LogP contribution in [0.4, 0.5) is 0 Å². The van der Waals surface area contributed by atoms with Crippen molar-refractivity contribution in [3.8, 4) is 0 Å². The summed E-state index contributed by atoms with van der Waals surface area (Å²) in [7, 11) is 0. The second-order valence-corrected chi connectivity index (χ2v) is 8.14. The third kappa shape index (κ3) is 6.59. The molecule has 0 spiro atoms. The van der Waals surface area contributed by atoms with Gasteiger partial charge in [0.2, 0.25) is 11.8 Å². The van der Waals surface area contributed by atoms with Gasteiger partial charge in [0.15, 0.2) is 0 Å². The van der Waals surface area contributed by atoms with Crippen molar-refractivity contribution in [2.75, 3.05) is 26.2 Å². The lowest BCUT2D eigenvalue weighted by Gasteiger charge is -2.20. The Balaban J connectivity index is 1.56. The second kappa shape index (κ2) is 9.53. The van der Waals surface area contributed by atoms with Gasteiger partial charge in [0.05, 0.1) is 0 Å². The largest absolute Gasteiger partial charge is 0.352 e. The van der Waals surface area contributed by atoms with Gasteiger partial charge in [-0.1, -0.05) is 0 Å². The van der Waals surface area contributed by atoms with Crippen molar-refractivity contribution in [3.63, 3.8) is 0 Å². The van der Waals surface area contributed by atoms with Crippen LogP contribution >= 0.6 is 0 Å². The second-order valence-electron chi connectivity index (χ2n) is 8.14. The summed E-state index contributed by atoms with van der Waals surface area (Å²) in [6.07, 6.45) is 3.55. The highest BCUT2D eigenvalue weighted by Crippen LogP contribution is 2.14. The molecule has 2 unspecified atom stereocenters. The molecule has 2 amide bonds. The average Bonchev–Trinajstić information content (AvgIpc) is 3.16. The van der Waals surface area contributed by atoms with Crippen molar-refractivity contribution in [2.24, 2.45) is 0 Å². The minimum atomic E-state index is 0.0789.